The summed E-state index contributed by atoms with van der Waals surface area (Å²) in [5, 5.41) is 2.14. The van der Waals surface area contributed by atoms with Crippen molar-refractivity contribution in [2.75, 3.05) is 0 Å². The molecular weight excluding hydrogens is 393 g/mol. The van der Waals surface area contributed by atoms with Crippen LogP contribution < -0.4 is 5.46 Å². The summed E-state index contributed by atoms with van der Waals surface area (Å²) < 4.78 is 13.1. The predicted octanol–water partition coefficient (Wildman–Crippen LogP) is 5.57. The van der Waals surface area contributed by atoms with Crippen molar-refractivity contribution in [3.05, 3.63) is 138 Å². The van der Waals surface area contributed by atoms with E-state index in [-0.39, 0.29) is 18.2 Å². The highest BCUT2D eigenvalue weighted by Gasteiger charge is 2.44. The highest BCUT2D eigenvalue weighted by atomic mass is 16.7. The summed E-state index contributed by atoms with van der Waals surface area (Å²) in [5.74, 6) is 0. The highest BCUT2D eigenvalue weighted by Crippen LogP contribution is 2.41. The van der Waals surface area contributed by atoms with Gasteiger partial charge in [-0.25, -0.2) is 0 Å². The maximum absolute atomic E-state index is 6.69. The minimum absolute atomic E-state index is 0.0680. The van der Waals surface area contributed by atoms with Crippen LogP contribution in [0, 0.1) is 0 Å². The lowest BCUT2D eigenvalue weighted by atomic mass is 9.77. The molecule has 4 aromatic carbocycles. The summed E-state index contributed by atoms with van der Waals surface area (Å²) in [6.07, 6.45) is -0.0775. The van der Waals surface area contributed by atoms with Gasteiger partial charge in [-0.3, -0.25) is 0 Å². The van der Waals surface area contributed by atoms with Crippen molar-refractivity contribution >= 4 is 12.6 Å². The van der Waals surface area contributed by atoms with E-state index in [0.29, 0.717) is 0 Å². The summed E-state index contributed by atoms with van der Waals surface area (Å²) >= 11 is 0. The molecule has 1 heterocycles. The second-order valence-corrected chi connectivity index (χ2v) is 8.13. The summed E-state index contributed by atoms with van der Waals surface area (Å²) in [5.41, 5.74) is 4.54. The van der Waals surface area contributed by atoms with Crippen LogP contribution in [-0.2, 0) is 9.41 Å². The molecule has 0 aliphatic carbocycles. The Morgan fingerprint density at radius 2 is 1.12 bits per heavy atom. The Hall–Kier alpha value is -3.18. The first kappa shape index (κ1) is 20.7. The van der Waals surface area contributed by atoms with Gasteiger partial charge in [0, 0.05) is 0 Å². The maximum atomic E-state index is 6.69. The maximum Gasteiger partial charge on any atom is 0.511 e. The van der Waals surface area contributed by atoms with Crippen molar-refractivity contribution in [3.63, 3.8) is 0 Å². The van der Waals surface area contributed by atoms with E-state index in [1.54, 1.807) is 0 Å². The van der Waals surface area contributed by atoms with Crippen molar-refractivity contribution in [2.24, 2.45) is 0 Å². The van der Waals surface area contributed by atoms with Crippen LogP contribution in [0.3, 0.4) is 0 Å². The molecule has 0 radical (unpaired) electrons. The summed E-state index contributed by atoms with van der Waals surface area (Å²) in [6.45, 7) is 2.14. The molecule has 1 fully saturated rings. The smallest absolute Gasteiger partial charge is 0.402 e. The first-order valence-corrected chi connectivity index (χ1v) is 11.1. The fourth-order valence-corrected chi connectivity index (χ4v) is 4.47. The SMILES string of the molecule is CC1OB(c2ccccc2)ON(C(c2ccccc2)c2ccccc2)C1c1ccccc1. The normalized spacial score (nSPS) is 19.2. The third-order valence-electron chi connectivity index (χ3n) is 5.97. The molecular formula is C28H26BNO2. The molecule has 0 spiro atoms. The van der Waals surface area contributed by atoms with Crippen molar-refractivity contribution in [3.8, 4) is 0 Å². The Morgan fingerprint density at radius 1 is 0.656 bits per heavy atom. The lowest BCUT2D eigenvalue weighted by Crippen LogP contribution is -2.55. The van der Waals surface area contributed by atoms with Crippen LogP contribution >= 0.6 is 0 Å². The van der Waals surface area contributed by atoms with Crippen molar-refractivity contribution < 1.29 is 9.41 Å². The molecule has 4 heteroatoms. The molecule has 1 saturated heterocycles. The second-order valence-electron chi connectivity index (χ2n) is 8.13. The van der Waals surface area contributed by atoms with Gasteiger partial charge >= 0.3 is 7.12 Å². The lowest BCUT2D eigenvalue weighted by molar-refractivity contribution is -0.197. The first-order chi connectivity index (χ1) is 15.8. The van der Waals surface area contributed by atoms with E-state index in [2.05, 4.69) is 109 Å². The average Bonchev–Trinajstić information content (AvgIpc) is 2.86. The first-order valence-electron chi connectivity index (χ1n) is 11.1. The molecule has 0 amide bonds. The van der Waals surface area contributed by atoms with Gasteiger partial charge in [-0.05, 0) is 29.1 Å². The van der Waals surface area contributed by atoms with E-state index >= 15 is 0 Å². The topological polar surface area (TPSA) is 21.7 Å². The molecule has 5 rings (SSSR count). The number of hydroxylamine groups is 2. The molecule has 1 aliphatic heterocycles. The molecule has 2 atom stereocenters. The van der Waals surface area contributed by atoms with Gasteiger partial charge in [0.25, 0.3) is 0 Å². The Kier molecular flexibility index (Phi) is 6.17. The zero-order valence-corrected chi connectivity index (χ0v) is 18.1. The molecule has 0 N–H and O–H groups in total. The van der Waals surface area contributed by atoms with Gasteiger partial charge in [-0.2, -0.15) is 5.06 Å². The van der Waals surface area contributed by atoms with Crippen LogP contribution in [0.2, 0.25) is 0 Å². The van der Waals surface area contributed by atoms with Gasteiger partial charge in [0.2, 0.25) is 0 Å². The Bertz CT molecular complexity index is 1070. The van der Waals surface area contributed by atoms with E-state index in [1.165, 1.54) is 16.7 Å². The van der Waals surface area contributed by atoms with Crippen LogP contribution in [0.25, 0.3) is 0 Å². The van der Waals surface area contributed by atoms with E-state index in [0.717, 1.165) is 5.46 Å². The number of hydrogen-bond acceptors (Lipinski definition) is 3. The lowest BCUT2D eigenvalue weighted by Gasteiger charge is -2.46. The molecule has 3 nitrogen and oxygen atoms in total. The fourth-order valence-electron chi connectivity index (χ4n) is 4.47. The molecule has 0 saturated carbocycles. The van der Waals surface area contributed by atoms with Gasteiger partial charge in [0.15, 0.2) is 0 Å². The van der Waals surface area contributed by atoms with Gasteiger partial charge in [-0.15, -0.1) is 0 Å². The largest absolute Gasteiger partial charge is 0.511 e. The third kappa shape index (κ3) is 4.26. The van der Waals surface area contributed by atoms with Gasteiger partial charge < -0.3 is 9.41 Å². The molecule has 32 heavy (non-hydrogen) atoms. The van der Waals surface area contributed by atoms with Crippen molar-refractivity contribution in [1.82, 2.24) is 5.06 Å². The molecule has 158 valence electrons. The summed E-state index contributed by atoms with van der Waals surface area (Å²) in [4.78, 5) is 0. The third-order valence-corrected chi connectivity index (χ3v) is 5.97. The zero-order chi connectivity index (χ0) is 21.8. The minimum Gasteiger partial charge on any atom is -0.402 e. The standard InChI is InChI=1S/C28H26BNO2/c1-22-27(23-14-6-2-7-15-23)30(32-29(31-22)26-20-12-5-13-21-26)28(24-16-8-3-9-17-24)25-18-10-4-11-19-25/h2-22,27-28H,1H3. The monoisotopic (exact) mass is 419 g/mol. The van der Waals surface area contributed by atoms with Crippen LogP contribution in [-0.4, -0.2) is 18.3 Å². The van der Waals surface area contributed by atoms with Crippen molar-refractivity contribution in [2.45, 2.75) is 25.1 Å². The number of nitrogens with zero attached hydrogens (tertiary/aromatic N) is 1. The van der Waals surface area contributed by atoms with Crippen LogP contribution in [0.5, 0.6) is 0 Å². The van der Waals surface area contributed by atoms with Crippen LogP contribution in [0.4, 0.5) is 0 Å². The van der Waals surface area contributed by atoms with Crippen LogP contribution in [0.15, 0.2) is 121 Å². The molecule has 0 aromatic heterocycles. The summed E-state index contributed by atoms with van der Waals surface area (Å²) in [7, 11) is -0.471. The fraction of sp³-hybridized carbons (Fsp3) is 0.143. The molecule has 4 aromatic rings. The van der Waals surface area contributed by atoms with E-state index in [4.69, 9.17) is 9.41 Å². The Morgan fingerprint density at radius 3 is 1.66 bits per heavy atom. The van der Waals surface area contributed by atoms with Gasteiger partial charge in [0.1, 0.15) is 0 Å². The van der Waals surface area contributed by atoms with Crippen molar-refractivity contribution in [1.29, 1.82) is 0 Å². The highest BCUT2D eigenvalue weighted by molar-refractivity contribution is 6.61. The second kappa shape index (κ2) is 9.53. The average molecular weight is 419 g/mol. The zero-order valence-electron chi connectivity index (χ0n) is 18.1. The van der Waals surface area contributed by atoms with E-state index in [9.17, 15) is 0 Å². The van der Waals surface area contributed by atoms with Gasteiger partial charge in [0.05, 0.1) is 18.2 Å². The van der Waals surface area contributed by atoms with E-state index in [1.807, 2.05) is 24.3 Å². The Labute approximate surface area is 190 Å². The number of benzene rings is 4. The van der Waals surface area contributed by atoms with Crippen LogP contribution in [0.1, 0.15) is 35.7 Å². The summed E-state index contributed by atoms with van der Waals surface area (Å²) in [6, 6.07) is 41.6. The minimum atomic E-state index is -0.471. The quantitative estimate of drug-likeness (QED) is 0.395. The van der Waals surface area contributed by atoms with E-state index < -0.39 is 7.12 Å². The van der Waals surface area contributed by atoms with Gasteiger partial charge in [-0.1, -0.05) is 121 Å². The molecule has 1 aliphatic rings. The Balaban J connectivity index is 1.63. The molecule has 0 bridgehead atoms. The number of rotatable bonds is 5. The predicted molar refractivity (Wildman–Crippen MR) is 129 cm³/mol. The number of hydrogen-bond donors (Lipinski definition) is 0. The molecule has 2 unspecified atom stereocenters.